The maximum absolute atomic E-state index is 12.1. The first-order chi connectivity index (χ1) is 9.99. The number of anilines is 1. The Morgan fingerprint density at radius 1 is 1.14 bits per heavy atom. The fourth-order valence-electron chi connectivity index (χ4n) is 1.75. The number of benzene rings is 1. The molecule has 2 rings (SSSR count). The number of ether oxygens (including phenoxy) is 1. The highest BCUT2D eigenvalue weighted by Crippen LogP contribution is 2.24. The van der Waals surface area contributed by atoms with Crippen LogP contribution in [0.3, 0.4) is 0 Å². The van der Waals surface area contributed by atoms with Crippen molar-refractivity contribution in [3.8, 4) is 17.1 Å². The van der Waals surface area contributed by atoms with Crippen LogP contribution < -0.4 is 16.0 Å². The van der Waals surface area contributed by atoms with E-state index >= 15 is 0 Å². The average molecular weight is 294 g/mol. The lowest BCUT2D eigenvalue weighted by atomic mass is 10.1. The Balaban J connectivity index is 2.34. The molecule has 0 fully saturated rings. The summed E-state index contributed by atoms with van der Waals surface area (Å²) < 4.78 is 28.5. The molecule has 0 saturated carbocycles. The van der Waals surface area contributed by atoms with Crippen molar-refractivity contribution in [2.45, 2.75) is 26.4 Å². The SMILES string of the molecule is CC(C)c1cc(NN)nc(-c2ccc(OC(F)F)cc2)n1. The number of nitrogens with zero attached hydrogens (tertiary/aromatic N) is 2. The largest absolute Gasteiger partial charge is 0.435 e. The molecule has 0 atom stereocenters. The summed E-state index contributed by atoms with van der Waals surface area (Å²) in [5.74, 6) is 6.67. The van der Waals surface area contributed by atoms with Gasteiger partial charge in [0.15, 0.2) is 5.82 Å². The highest BCUT2D eigenvalue weighted by molar-refractivity contribution is 5.58. The van der Waals surface area contributed by atoms with Crippen molar-refractivity contribution >= 4 is 5.82 Å². The molecule has 112 valence electrons. The number of aromatic nitrogens is 2. The topological polar surface area (TPSA) is 73.1 Å². The molecule has 0 radical (unpaired) electrons. The first-order valence-corrected chi connectivity index (χ1v) is 6.40. The molecule has 3 N–H and O–H groups in total. The van der Waals surface area contributed by atoms with Crippen LogP contribution in [0.4, 0.5) is 14.6 Å². The van der Waals surface area contributed by atoms with E-state index in [4.69, 9.17) is 5.84 Å². The lowest BCUT2D eigenvalue weighted by Crippen LogP contribution is -2.11. The molecule has 0 spiro atoms. The number of nitrogens with one attached hydrogen (secondary N) is 1. The summed E-state index contributed by atoms with van der Waals surface area (Å²) in [4.78, 5) is 8.71. The van der Waals surface area contributed by atoms with E-state index in [9.17, 15) is 8.78 Å². The molecule has 7 heteroatoms. The maximum Gasteiger partial charge on any atom is 0.387 e. The summed E-state index contributed by atoms with van der Waals surface area (Å²) in [6.07, 6.45) is 0. The van der Waals surface area contributed by atoms with Crippen molar-refractivity contribution in [2.24, 2.45) is 5.84 Å². The summed E-state index contributed by atoms with van der Waals surface area (Å²) in [6, 6.07) is 7.91. The zero-order valence-corrected chi connectivity index (χ0v) is 11.7. The van der Waals surface area contributed by atoms with Gasteiger partial charge in [-0.15, -0.1) is 0 Å². The molecule has 5 nitrogen and oxygen atoms in total. The summed E-state index contributed by atoms with van der Waals surface area (Å²) in [6.45, 7) is 1.17. The lowest BCUT2D eigenvalue weighted by Gasteiger charge is -2.10. The van der Waals surface area contributed by atoms with Crippen LogP contribution >= 0.6 is 0 Å². The predicted octanol–water partition coefficient (Wildman–Crippen LogP) is 3.15. The number of nitrogens with two attached hydrogens (primary N) is 1. The molecule has 0 aliphatic rings. The van der Waals surface area contributed by atoms with Crippen LogP contribution in [-0.4, -0.2) is 16.6 Å². The molecule has 0 bridgehead atoms. The van der Waals surface area contributed by atoms with E-state index in [0.29, 0.717) is 17.2 Å². The summed E-state index contributed by atoms with van der Waals surface area (Å²) in [5.41, 5.74) is 4.02. The molecule has 0 amide bonds. The average Bonchev–Trinajstić information content (AvgIpc) is 2.46. The van der Waals surface area contributed by atoms with Gasteiger partial charge in [0.05, 0.1) is 0 Å². The number of hydrogen-bond acceptors (Lipinski definition) is 5. The van der Waals surface area contributed by atoms with Gasteiger partial charge < -0.3 is 10.2 Å². The van der Waals surface area contributed by atoms with E-state index < -0.39 is 6.61 Å². The van der Waals surface area contributed by atoms with E-state index in [2.05, 4.69) is 20.1 Å². The van der Waals surface area contributed by atoms with Crippen molar-refractivity contribution in [3.05, 3.63) is 36.0 Å². The van der Waals surface area contributed by atoms with E-state index in [1.54, 1.807) is 18.2 Å². The Kier molecular flexibility index (Phi) is 4.64. The predicted molar refractivity (Wildman–Crippen MR) is 76.0 cm³/mol. The van der Waals surface area contributed by atoms with Crippen LogP contribution in [0.2, 0.25) is 0 Å². The Labute approximate surface area is 121 Å². The summed E-state index contributed by atoms with van der Waals surface area (Å²) >= 11 is 0. The third kappa shape index (κ3) is 3.85. The number of rotatable bonds is 5. The van der Waals surface area contributed by atoms with Crippen LogP contribution in [-0.2, 0) is 0 Å². The molecule has 0 unspecified atom stereocenters. The fraction of sp³-hybridized carbons (Fsp3) is 0.286. The Bertz CT molecular complexity index is 602. The van der Waals surface area contributed by atoms with Gasteiger partial charge in [-0.05, 0) is 30.2 Å². The minimum atomic E-state index is -2.84. The second-order valence-corrected chi connectivity index (χ2v) is 4.70. The van der Waals surface area contributed by atoms with Gasteiger partial charge in [-0.3, -0.25) is 0 Å². The standard InChI is InChI=1S/C14H16F2N4O/c1-8(2)11-7-12(20-17)19-13(18-11)9-3-5-10(6-4-9)21-14(15)16/h3-8,14H,17H2,1-2H3,(H,18,19,20). The van der Waals surface area contributed by atoms with Crippen LogP contribution in [0.1, 0.15) is 25.5 Å². The first kappa shape index (κ1) is 15.1. The number of hydrazine groups is 1. The van der Waals surface area contributed by atoms with Crippen molar-refractivity contribution in [1.82, 2.24) is 9.97 Å². The molecule has 1 aromatic heterocycles. The van der Waals surface area contributed by atoms with E-state index in [1.165, 1.54) is 12.1 Å². The molecular formula is C14H16F2N4O. The van der Waals surface area contributed by atoms with E-state index in [1.807, 2.05) is 13.8 Å². The number of alkyl halides is 2. The van der Waals surface area contributed by atoms with Gasteiger partial charge in [-0.2, -0.15) is 8.78 Å². The van der Waals surface area contributed by atoms with E-state index in [-0.39, 0.29) is 11.7 Å². The minimum absolute atomic E-state index is 0.0888. The third-order valence-corrected chi connectivity index (χ3v) is 2.82. The second kappa shape index (κ2) is 6.45. The van der Waals surface area contributed by atoms with Crippen molar-refractivity contribution in [1.29, 1.82) is 0 Å². The molecule has 0 aliphatic heterocycles. The quantitative estimate of drug-likeness (QED) is 0.654. The minimum Gasteiger partial charge on any atom is -0.435 e. The van der Waals surface area contributed by atoms with Crippen LogP contribution in [0.15, 0.2) is 30.3 Å². The number of halogens is 2. The molecule has 2 aromatic rings. The number of hydrogen-bond donors (Lipinski definition) is 2. The molecule has 1 heterocycles. The third-order valence-electron chi connectivity index (χ3n) is 2.82. The first-order valence-electron chi connectivity index (χ1n) is 6.40. The van der Waals surface area contributed by atoms with Crippen molar-refractivity contribution in [2.75, 3.05) is 5.43 Å². The normalized spacial score (nSPS) is 11.0. The highest BCUT2D eigenvalue weighted by Gasteiger charge is 2.10. The molecule has 21 heavy (non-hydrogen) atoms. The van der Waals surface area contributed by atoms with Crippen LogP contribution in [0, 0.1) is 0 Å². The van der Waals surface area contributed by atoms with Gasteiger partial charge in [-0.25, -0.2) is 15.8 Å². The van der Waals surface area contributed by atoms with Crippen LogP contribution in [0.5, 0.6) is 5.75 Å². The van der Waals surface area contributed by atoms with Gasteiger partial charge in [0.25, 0.3) is 0 Å². The van der Waals surface area contributed by atoms with Gasteiger partial charge >= 0.3 is 6.61 Å². The van der Waals surface area contributed by atoms with Gasteiger partial charge in [0.1, 0.15) is 11.6 Å². The Morgan fingerprint density at radius 3 is 2.33 bits per heavy atom. The molecule has 1 aromatic carbocycles. The van der Waals surface area contributed by atoms with Crippen LogP contribution in [0.25, 0.3) is 11.4 Å². The fourth-order valence-corrected chi connectivity index (χ4v) is 1.75. The smallest absolute Gasteiger partial charge is 0.387 e. The zero-order chi connectivity index (χ0) is 15.4. The number of nitrogen functional groups attached to an aromatic ring is 1. The van der Waals surface area contributed by atoms with Crippen molar-refractivity contribution < 1.29 is 13.5 Å². The summed E-state index contributed by atoms with van der Waals surface area (Å²) in [7, 11) is 0. The Morgan fingerprint density at radius 2 is 1.81 bits per heavy atom. The molecular weight excluding hydrogens is 278 g/mol. The van der Waals surface area contributed by atoms with Crippen molar-refractivity contribution in [3.63, 3.8) is 0 Å². The van der Waals surface area contributed by atoms with Gasteiger partial charge in [0, 0.05) is 17.3 Å². The Hall–Kier alpha value is -2.28. The monoisotopic (exact) mass is 294 g/mol. The lowest BCUT2D eigenvalue weighted by molar-refractivity contribution is -0.0498. The highest BCUT2D eigenvalue weighted by atomic mass is 19.3. The molecule has 0 aliphatic carbocycles. The van der Waals surface area contributed by atoms with Gasteiger partial charge in [0.2, 0.25) is 0 Å². The molecule has 0 saturated heterocycles. The van der Waals surface area contributed by atoms with E-state index in [0.717, 1.165) is 5.69 Å². The zero-order valence-electron chi connectivity index (χ0n) is 11.7. The summed E-state index contributed by atoms with van der Waals surface area (Å²) in [5, 5.41) is 0. The van der Waals surface area contributed by atoms with Gasteiger partial charge in [-0.1, -0.05) is 13.8 Å². The second-order valence-electron chi connectivity index (χ2n) is 4.70. The maximum atomic E-state index is 12.1.